The Labute approximate surface area is 111 Å². The molecular weight excluding hydrogens is 256 g/mol. The van der Waals surface area contributed by atoms with Crippen molar-refractivity contribution in [2.45, 2.75) is 52.9 Å². The third-order valence-electron chi connectivity index (χ3n) is 1.83. The maximum atomic E-state index is 11.7. The molecule has 0 saturated carbocycles. The maximum absolute atomic E-state index is 11.7. The first-order valence-corrected chi connectivity index (χ1v) is 5.85. The van der Waals surface area contributed by atoms with Crippen LogP contribution in [0.25, 0.3) is 0 Å². The third-order valence-corrected chi connectivity index (χ3v) is 1.83. The van der Waals surface area contributed by atoms with Crippen LogP contribution in [0.5, 0.6) is 0 Å². The molecule has 19 heavy (non-hydrogen) atoms. The van der Waals surface area contributed by atoms with Crippen molar-refractivity contribution in [1.29, 1.82) is 0 Å². The van der Waals surface area contributed by atoms with Crippen LogP contribution in [0.1, 0.15) is 34.6 Å². The van der Waals surface area contributed by atoms with E-state index in [0.717, 1.165) is 0 Å². The molecule has 0 bridgehead atoms. The average molecular weight is 276 g/mol. The number of nitrogens with one attached hydrogen (secondary N) is 1. The van der Waals surface area contributed by atoms with Gasteiger partial charge in [0, 0.05) is 0 Å². The summed E-state index contributed by atoms with van der Waals surface area (Å²) in [5.74, 6) is -1.29. The van der Waals surface area contributed by atoms with E-state index < -0.39 is 36.4 Å². The summed E-state index contributed by atoms with van der Waals surface area (Å²) < 4.78 is 9.62. The Kier molecular flexibility index (Phi) is 6.67. The minimum Gasteiger partial charge on any atom is -0.480 e. The zero-order valence-corrected chi connectivity index (χ0v) is 11.7. The number of hydrogen-bond acceptors (Lipinski definition) is 5. The molecule has 2 amide bonds. The van der Waals surface area contributed by atoms with Gasteiger partial charge in [-0.1, -0.05) is 0 Å². The van der Waals surface area contributed by atoms with Crippen molar-refractivity contribution < 1.29 is 29.0 Å². The Balaban J connectivity index is 4.82. The SMILES string of the molecule is CC(C)OC(=O)NN(C(=O)OC(C)C)C(C)C(=O)O. The largest absolute Gasteiger partial charge is 0.480 e. The van der Waals surface area contributed by atoms with Crippen LogP contribution in [0.4, 0.5) is 9.59 Å². The highest BCUT2D eigenvalue weighted by atomic mass is 16.6. The number of nitrogens with zero attached hydrogens (tertiary/aromatic N) is 1. The second-order valence-corrected chi connectivity index (χ2v) is 4.38. The Morgan fingerprint density at radius 1 is 1.00 bits per heavy atom. The van der Waals surface area contributed by atoms with Gasteiger partial charge in [-0.05, 0) is 34.6 Å². The first-order chi connectivity index (χ1) is 8.65. The van der Waals surface area contributed by atoms with Gasteiger partial charge in [0.15, 0.2) is 6.04 Å². The zero-order chi connectivity index (χ0) is 15.2. The van der Waals surface area contributed by atoms with Crippen molar-refractivity contribution in [2.75, 3.05) is 0 Å². The summed E-state index contributed by atoms with van der Waals surface area (Å²) in [6, 6.07) is -1.29. The molecule has 0 aromatic rings. The van der Waals surface area contributed by atoms with Crippen LogP contribution in [-0.4, -0.2) is 46.5 Å². The van der Waals surface area contributed by atoms with Gasteiger partial charge in [0.2, 0.25) is 0 Å². The highest BCUT2D eigenvalue weighted by Gasteiger charge is 2.30. The van der Waals surface area contributed by atoms with Gasteiger partial charge in [0.05, 0.1) is 12.2 Å². The molecule has 1 atom stereocenters. The van der Waals surface area contributed by atoms with Crippen molar-refractivity contribution in [2.24, 2.45) is 0 Å². The number of carboxylic acid groups (broad SMARTS) is 1. The number of carboxylic acids is 1. The Morgan fingerprint density at radius 2 is 1.47 bits per heavy atom. The molecule has 0 aliphatic rings. The molecule has 1 unspecified atom stereocenters. The molecule has 2 N–H and O–H groups in total. The quantitative estimate of drug-likeness (QED) is 0.751. The third kappa shape index (κ3) is 6.49. The lowest BCUT2D eigenvalue weighted by atomic mass is 10.3. The van der Waals surface area contributed by atoms with Crippen LogP contribution < -0.4 is 5.43 Å². The van der Waals surface area contributed by atoms with Crippen LogP contribution in [0.15, 0.2) is 0 Å². The number of rotatable bonds is 4. The fourth-order valence-electron chi connectivity index (χ4n) is 1.01. The molecule has 0 fully saturated rings. The minimum atomic E-state index is -1.29. The van der Waals surface area contributed by atoms with Crippen molar-refractivity contribution in [1.82, 2.24) is 10.4 Å². The molecular formula is C11H20N2O6. The topological polar surface area (TPSA) is 105 Å². The number of amides is 2. The van der Waals surface area contributed by atoms with E-state index in [0.29, 0.717) is 5.01 Å². The first-order valence-electron chi connectivity index (χ1n) is 5.85. The van der Waals surface area contributed by atoms with Crippen molar-refractivity contribution in [3.8, 4) is 0 Å². The average Bonchev–Trinajstić information content (AvgIpc) is 2.22. The van der Waals surface area contributed by atoms with Crippen molar-refractivity contribution >= 4 is 18.2 Å². The van der Waals surface area contributed by atoms with Gasteiger partial charge in [0.1, 0.15) is 0 Å². The number of hydrazine groups is 1. The molecule has 8 nitrogen and oxygen atoms in total. The lowest BCUT2D eigenvalue weighted by Gasteiger charge is -2.26. The lowest BCUT2D eigenvalue weighted by Crippen LogP contribution is -2.54. The fraction of sp³-hybridized carbons (Fsp3) is 0.727. The van der Waals surface area contributed by atoms with E-state index in [1.807, 2.05) is 0 Å². The van der Waals surface area contributed by atoms with Crippen LogP contribution >= 0.6 is 0 Å². The molecule has 0 spiro atoms. The Hall–Kier alpha value is -1.99. The normalized spacial score (nSPS) is 11.9. The van der Waals surface area contributed by atoms with Crippen molar-refractivity contribution in [3.05, 3.63) is 0 Å². The molecule has 0 rings (SSSR count). The number of ether oxygens (including phenoxy) is 2. The van der Waals surface area contributed by atoms with Gasteiger partial charge >= 0.3 is 18.2 Å². The van der Waals surface area contributed by atoms with Crippen LogP contribution in [0.3, 0.4) is 0 Å². The van der Waals surface area contributed by atoms with Gasteiger partial charge in [-0.3, -0.25) is 0 Å². The van der Waals surface area contributed by atoms with E-state index in [4.69, 9.17) is 14.6 Å². The summed E-state index contributed by atoms with van der Waals surface area (Å²) in [5, 5.41) is 9.47. The van der Waals surface area contributed by atoms with E-state index in [1.54, 1.807) is 27.7 Å². The van der Waals surface area contributed by atoms with Gasteiger partial charge in [-0.25, -0.2) is 24.8 Å². The number of hydrogen-bond donors (Lipinski definition) is 2. The van der Waals surface area contributed by atoms with Gasteiger partial charge in [0.25, 0.3) is 0 Å². The Bertz CT molecular complexity index is 342. The number of carbonyl (C=O) groups is 3. The number of carbonyl (C=O) groups excluding carboxylic acids is 2. The minimum absolute atomic E-state index is 0.400. The molecule has 0 heterocycles. The summed E-state index contributed by atoms with van der Waals surface area (Å²) in [6.45, 7) is 7.69. The summed E-state index contributed by atoms with van der Waals surface area (Å²) in [6.07, 6.45) is -2.74. The maximum Gasteiger partial charge on any atom is 0.429 e. The molecule has 8 heteroatoms. The molecule has 0 aromatic carbocycles. The zero-order valence-electron chi connectivity index (χ0n) is 11.7. The monoisotopic (exact) mass is 276 g/mol. The Morgan fingerprint density at radius 3 is 1.84 bits per heavy atom. The second-order valence-electron chi connectivity index (χ2n) is 4.38. The van der Waals surface area contributed by atoms with Gasteiger partial charge in [-0.2, -0.15) is 0 Å². The van der Waals surface area contributed by atoms with E-state index in [-0.39, 0.29) is 0 Å². The summed E-state index contributed by atoms with van der Waals surface area (Å²) in [4.78, 5) is 34.0. The molecule has 0 radical (unpaired) electrons. The molecule has 0 aliphatic carbocycles. The predicted molar refractivity (Wildman–Crippen MR) is 65.3 cm³/mol. The highest BCUT2D eigenvalue weighted by molar-refractivity contribution is 5.81. The van der Waals surface area contributed by atoms with E-state index in [9.17, 15) is 14.4 Å². The van der Waals surface area contributed by atoms with E-state index in [1.165, 1.54) is 6.92 Å². The standard InChI is InChI=1S/C11H20N2O6/c1-6(2)18-10(16)12-13(8(5)9(14)15)11(17)19-7(3)4/h6-8H,1-5H3,(H,12,16)(H,14,15). The van der Waals surface area contributed by atoms with E-state index >= 15 is 0 Å². The molecule has 0 saturated heterocycles. The van der Waals surface area contributed by atoms with Crippen LogP contribution in [0, 0.1) is 0 Å². The fourth-order valence-corrected chi connectivity index (χ4v) is 1.01. The first kappa shape index (κ1) is 17.0. The van der Waals surface area contributed by atoms with E-state index in [2.05, 4.69) is 5.43 Å². The predicted octanol–water partition coefficient (Wildman–Crippen LogP) is 1.36. The summed E-state index contributed by atoms with van der Waals surface area (Å²) in [5.41, 5.74) is 2.05. The van der Waals surface area contributed by atoms with Crippen molar-refractivity contribution in [3.63, 3.8) is 0 Å². The van der Waals surface area contributed by atoms with Gasteiger partial charge < -0.3 is 14.6 Å². The number of aliphatic carboxylic acids is 1. The van der Waals surface area contributed by atoms with Crippen LogP contribution in [-0.2, 0) is 14.3 Å². The highest BCUT2D eigenvalue weighted by Crippen LogP contribution is 2.03. The van der Waals surface area contributed by atoms with Gasteiger partial charge in [-0.15, -0.1) is 0 Å². The summed E-state index contributed by atoms with van der Waals surface area (Å²) >= 11 is 0. The molecule has 0 aromatic heterocycles. The lowest BCUT2D eigenvalue weighted by molar-refractivity contribution is -0.143. The second kappa shape index (κ2) is 7.45. The molecule has 110 valence electrons. The molecule has 0 aliphatic heterocycles. The van der Waals surface area contributed by atoms with Crippen LogP contribution in [0.2, 0.25) is 0 Å². The summed E-state index contributed by atoms with van der Waals surface area (Å²) in [7, 11) is 0. The smallest absolute Gasteiger partial charge is 0.429 e.